The number of Topliss-reactive ketones (excluding diaryl/α,β-unsaturated/α-hetero) is 1. The second kappa shape index (κ2) is 7.08. The summed E-state index contributed by atoms with van der Waals surface area (Å²) < 4.78 is 10.9. The summed E-state index contributed by atoms with van der Waals surface area (Å²) in [7, 11) is 0. The number of ketones is 1. The minimum Gasteiger partial charge on any atom is -0.507 e. The van der Waals surface area contributed by atoms with Crippen LogP contribution < -0.4 is 0 Å². The van der Waals surface area contributed by atoms with Crippen LogP contribution >= 0.6 is 0 Å². The summed E-state index contributed by atoms with van der Waals surface area (Å²) in [5, 5.41) is 13.0. The zero-order valence-corrected chi connectivity index (χ0v) is 15.8. The molecule has 3 heterocycles. The molecule has 0 radical (unpaired) electrons. The largest absolute Gasteiger partial charge is 0.507 e. The fraction of sp³-hybridized carbons (Fsp3) is 0.0833. The normalized spacial score (nSPS) is 18.4. The monoisotopic (exact) mass is 399 g/mol. The van der Waals surface area contributed by atoms with Crippen molar-refractivity contribution in [2.24, 2.45) is 0 Å². The number of fused-ring (bicyclic) bond motifs is 1. The van der Waals surface area contributed by atoms with Gasteiger partial charge in [-0.25, -0.2) is 0 Å². The second-order valence-electron chi connectivity index (χ2n) is 7.08. The zero-order chi connectivity index (χ0) is 20.7. The average molecular weight is 399 g/mol. The van der Waals surface area contributed by atoms with Gasteiger partial charge in [-0.2, -0.15) is 0 Å². The maximum Gasteiger partial charge on any atom is 0.296 e. The Balaban J connectivity index is 1.65. The molecule has 4 aromatic rings. The summed E-state index contributed by atoms with van der Waals surface area (Å²) in [4.78, 5) is 27.1. The highest BCUT2D eigenvalue weighted by molar-refractivity contribution is 6.46. The van der Waals surface area contributed by atoms with Crippen LogP contribution in [0.25, 0.3) is 16.5 Å². The van der Waals surface area contributed by atoms with Gasteiger partial charge >= 0.3 is 0 Å². The quantitative estimate of drug-likeness (QED) is 0.307. The third kappa shape index (κ3) is 2.90. The predicted octanol–water partition coefficient (Wildman–Crippen LogP) is 4.65. The van der Waals surface area contributed by atoms with Crippen molar-refractivity contribution >= 4 is 28.2 Å². The van der Waals surface area contributed by atoms with Gasteiger partial charge < -0.3 is 18.8 Å². The van der Waals surface area contributed by atoms with E-state index in [4.69, 9.17) is 8.83 Å². The first-order chi connectivity index (χ1) is 14.6. The molecule has 1 aliphatic rings. The lowest BCUT2D eigenvalue weighted by molar-refractivity contribution is -0.140. The molecule has 1 fully saturated rings. The van der Waals surface area contributed by atoms with E-state index in [-0.39, 0.29) is 17.9 Å². The van der Waals surface area contributed by atoms with Crippen LogP contribution in [0, 0.1) is 0 Å². The molecule has 0 aliphatic carbocycles. The van der Waals surface area contributed by atoms with Gasteiger partial charge in [0.1, 0.15) is 23.3 Å². The van der Waals surface area contributed by atoms with Crippen LogP contribution in [0.1, 0.15) is 23.1 Å². The van der Waals surface area contributed by atoms with E-state index in [0.29, 0.717) is 17.1 Å². The Hall–Kier alpha value is -4.06. The molecule has 0 spiro atoms. The first kappa shape index (κ1) is 18.0. The Morgan fingerprint density at radius 3 is 2.40 bits per heavy atom. The molecule has 1 atom stereocenters. The first-order valence-corrected chi connectivity index (χ1v) is 9.47. The van der Waals surface area contributed by atoms with Gasteiger partial charge in [0.15, 0.2) is 0 Å². The number of amides is 1. The van der Waals surface area contributed by atoms with Gasteiger partial charge in [0.25, 0.3) is 11.7 Å². The first-order valence-electron chi connectivity index (χ1n) is 9.47. The van der Waals surface area contributed by atoms with Crippen LogP contribution in [0.15, 0.2) is 93.7 Å². The summed E-state index contributed by atoms with van der Waals surface area (Å²) in [5.74, 6) is -0.784. The van der Waals surface area contributed by atoms with Crippen molar-refractivity contribution in [1.82, 2.24) is 4.90 Å². The standard InChI is InChI=1S/C24H17NO5/c26-22(17-10-9-15-5-1-2-6-16(15)13-17)20-21(19-8-4-12-30-19)25(24(28)23(20)27)14-18-7-3-11-29-18/h1-13,21,26H,14H2/b22-20-. The van der Waals surface area contributed by atoms with Gasteiger partial charge in [0.05, 0.1) is 24.6 Å². The van der Waals surface area contributed by atoms with E-state index in [0.717, 1.165) is 10.8 Å². The van der Waals surface area contributed by atoms with Gasteiger partial charge in [-0.1, -0.05) is 36.4 Å². The molecule has 1 saturated heterocycles. The zero-order valence-electron chi connectivity index (χ0n) is 15.8. The molecule has 0 saturated carbocycles. The Labute approximate surface area is 171 Å². The van der Waals surface area contributed by atoms with E-state index in [1.807, 2.05) is 30.3 Å². The fourth-order valence-corrected chi connectivity index (χ4v) is 3.85. The third-order valence-electron chi connectivity index (χ3n) is 5.28. The number of likely N-dealkylation sites (tertiary alicyclic amines) is 1. The van der Waals surface area contributed by atoms with E-state index >= 15 is 0 Å². The topological polar surface area (TPSA) is 83.9 Å². The summed E-state index contributed by atoms with van der Waals surface area (Å²) in [5.41, 5.74) is 0.457. The van der Waals surface area contributed by atoms with Crippen LogP contribution in [-0.4, -0.2) is 21.7 Å². The average Bonchev–Trinajstić information content (AvgIpc) is 3.52. The van der Waals surface area contributed by atoms with Crippen molar-refractivity contribution in [2.45, 2.75) is 12.6 Å². The Bertz CT molecular complexity index is 1270. The van der Waals surface area contributed by atoms with Gasteiger partial charge in [-0.05, 0) is 41.1 Å². The predicted molar refractivity (Wildman–Crippen MR) is 109 cm³/mol. The third-order valence-corrected chi connectivity index (χ3v) is 5.28. The molecule has 1 amide bonds. The highest BCUT2D eigenvalue weighted by Crippen LogP contribution is 2.40. The lowest BCUT2D eigenvalue weighted by Crippen LogP contribution is -2.28. The Morgan fingerprint density at radius 1 is 0.900 bits per heavy atom. The smallest absolute Gasteiger partial charge is 0.296 e. The molecule has 2 aromatic carbocycles. The number of hydrogen-bond acceptors (Lipinski definition) is 5. The molecule has 6 nitrogen and oxygen atoms in total. The molecule has 1 aliphatic heterocycles. The summed E-state index contributed by atoms with van der Waals surface area (Å²) >= 11 is 0. The molecule has 2 aromatic heterocycles. The van der Waals surface area contributed by atoms with Gasteiger partial charge in [-0.3, -0.25) is 9.59 Å². The number of nitrogens with zero attached hydrogens (tertiary/aromatic N) is 1. The molecule has 0 bridgehead atoms. The SMILES string of the molecule is O=C1C(=O)N(Cc2ccco2)C(c2ccco2)/C1=C(/O)c1ccc2ccccc2c1. The lowest BCUT2D eigenvalue weighted by atomic mass is 9.97. The second-order valence-corrected chi connectivity index (χ2v) is 7.08. The van der Waals surface area contributed by atoms with E-state index in [9.17, 15) is 14.7 Å². The number of benzene rings is 2. The van der Waals surface area contributed by atoms with Gasteiger partial charge in [-0.15, -0.1) is 0 Å². The maximum atomic E-state index is 12.9. The summed E-state index contributed by atoms with van der Waals surface area (Å²) in [6.45, 7) is 0.0808. The molecule has 6 heteroatoms. The summed E-state index contributed by atoms with van der Waals surface area (Å²) in [6, 6.07) is 19.1. The van der Waals surface area contributed by atoms with Crippen LogP contribution in [0.3, 0.4) is 0 Å². The number of aliphatic hydroxyl groups is 1. The van der Waals surface area contributed by atoms with Crippen molar-refractivity contribution in [3.05, 3.63) is 102 Å². The van der Waals surface area contributed by atoms with Crippen LogP contribution in [-0.2, 0) is 16.1 Å². The van der Waals surface area contributed by atoms with Gasteiger partial charge in [0, 0.05) is 5.56 Å². The van der Waals surface area contributed by atoms with E-state index in [1.165, 1.54) is 17.4 Å². The Morgan fingerprint density at radius 2 is 1.67 bits per heavy atom. The highest BCUT2D eigenvalue weighted by atomic mass is 16.3. The van der Waals surface area contributed by atoms with E-state index in [1.54, 1.807) is 36.4 Å². The minimum atomic E-state index is -0.850. The summed E-state index contributed by atoms with van der Waals surface area (Å²) in [6.07, 6.45) is 2.97. The van der Waals surface area contributed by atoms with E-state index < -0.39 is 17.7 Å². The van der Waals surface area contributed by atoms with Gasteiger partial charge in [0.2, 0.25) is 0 Å². The van der Waals surface area contributed by atoms with Crippen LogP contribution in [0.5, 0.6) is 0 Å². The molecule has 1 unspecified atom stereocenters. The number of carbonyl (C=O) groups is 2. The molecule has 148 valence electrons. The van der Waals surface area contributed by atoms with Crippen molar-refractivity contribution in [2.75, 3.05) is 0 Å². The number of aliphatic hydroxyl groups excluding tert-OH is 1. The molecule has 30 heavy (non-hydrogen) atoms. The highest BCUT2D eigenvalue weighted by Gasteiger charge is 2.47. The number of carbonyl (C=O) groups excluding carboxylic acids is 2. The number of furan rings is 2. The molecular weight excluding hydrogens is 382 g/mol. The molecule has 1 N–H and O–H groups in total. The Kier molecular flexibility index (Phi) is 4.25. The molecule has 5 rings (SSSR count). The van der Waals surface area contributed by atoms with Crippen molar-refractivity contribution in [3.63, 3.8) is 0 Å². The number of hydrogen-bond donors (Lipinski definition) is 1. The lowest BCUT2D eigenvalue weighted by Gasteiger charge is -2.22. The van der Waals surface area contributed by atoms with Crippen molar-refractivity contribution in [3.8, 4) is 0 Å². The number of rotatable bonds is 4. The van der Waals surface area contributed by atoms with Crippen LogP contribution in [0.2, 0.25) is 0 Å². The minimum absolute atomic E-state index is 0.00297. The van der Waals surface area contributed by atoms with Crippen molar-refractivity contribution in [1.29, 1.82) is 0 Å². The molecular formula is C24H17NO5. The fourth-order valence-electron chi connectivity index (χ4n) is 3.85. The maximum absolute atomic E-state index is 12.9. The van der Waals surface area contributed by atoms with Crippen LogP contribution in [0.4, 0.5) is 0 Å². The van der Waals surface area contributed by atoms with Crippen molar-refractivity contribution < 1.29 is 23.5 Å². The van der Waals surface area contributed by atoms with E-state index in [2.05, 4.69) is 0 Å².